The lowest BCUT2D eigenvalue weighted by Crippen LogP contribution is -2.47. The standard InChI is InChI=1S/C11H22N2O3/c1-7(2)9(6-13(4)5)12-10(14)8(3)11(15)16/h7-9H,6H2,1-5H3,(H,12,14)(H,15,16). The molecule has 1 amide bonds. The first-order valence-corrected chi connectivity index (χ1v) is 5.43. The van der Waals surface area contributed by atoms with Gasteiger partial charge in [-0.1, -0.05) is 13.8 Å². The number of carboxylic acids is 1. The highest BCUT2D eigenvalue weighted by atomic mass is 16.4. The number of hydrogen-bond acceptors (Lipinski definition) is 3. The summed E-state index contributed by atoms with van der Waals surface area (Å²) in [7, 11) is 3.84. The van der Waals surface area contributed by atoms with Gasteiger partial charge in [-0.3, -0.25) is 9.59 Å². The van der Waals surface area contributed by atoms with Gasteiger partial charge < -0.3 is 15.3 Å². The summed E-state index contributed by atoms with van der Waals surface area (Å²) in [6.45, 7) is 6.10. The molecule has 2 unspecified atom stereocenters. The first-order chi connectivity index (χ1) is 7.25. The Balaban J connectivity index is 4.40. The van der Waals surface area contributed by atoms with Gasteiger partial charge in [-0.15, -0.1) is 0 Å². The maximum Gasteiger partial charge on any atom is 0.315 e. The highest BCUT2D eigenvalue weighted by Crippen LogP contribution is 2.05. The molecule has 0 aliphatic carbocycles. The van der Waals surface area contributed by atoms with Gasteiger partial charge in [0.15, 0.2) is 0 Å². The van der Waals surface area contributed by atoms with Crippen molar-refractivity contribution in [3.8, 4) is 0 Å². The third kappa shape index (κ3) is 5.11. The number of hydrogen-bond donors (Lipinski definition) is 2. The van der Waals surface area contributed by atoms with E-state index < -0.39 is 17.8 Å². The molecule has 0 aromatic carbocycles. The summed E-state index contributed by atoms with van der Waals surface area (Å²) >= 11 is 0. The van der Waals surface area contributed by atoms with E-state index in [1.54, 1.807) is 0 Å². The summed E-state index contributed by atoms with van der Waals surface area (Å²) in [4.78, 5) is 24.2. The largest absolute Gasteiger partial charge is 0.481 e. The van der Waals surface area contributed by atoms with Gasteiger partial charge in [0, 0.05) is 12.6 Å². The second kappa shape index (κ2) is 6.48. The smallest absolute Gasteiger partial charge is 0.315 e. The maximum absolute atomic E-state index is 11.6. The quantitative estimate of drug-likeness (QED) is 0.648. The van der Waals surface area contributed by atoms with Crippen LogP contribution in [0.2, 0.25) is 0 Å². The number of nitrogens with one attached hydrogen (secondary N) is 1. The molecular formula is C11H22N2O3. The molecule has 0 rings (SSSR count). The molecule has 0 saturated carbocycles. The number of carboxylic acid groups (broad SMARTS) is 1. The zero-order valence-electron chi connectivity index (χ0n) is 10.7. The Morgan fingerprint density at radius 3 is 2.06 bits per heavy atom. The highest BCUT2D eigenvalue weighted by Gasteiger charge is 2.24. The molecule has 0 spiro atoms. The summed E-state index contributed by atoms with van der Waals surface area (Å²) < 4.78 is 0. The van der Waals surface area contributed by atoms with E-state index in [0.717, 1.165) is 0 Å². The summed E-state index contributed by atoms with van der Waals surface area (Å²) in [6.07, 6.45) is 0. The van der Waals surface area contributed by atoms with Crippen LogP contribution in [0.25, 0.3) is 0 Å². The normalized spacial score (nSPS) is 14.9. The number of aliphatic carboxylic acids is 1. The van der Waals surface area contributed by atoms with Crippen molar-refractivity contribution in [1.82, 2.24) is 10.2 Å². The molecule has 0 radical (unpaired) electrons. The predicted molar refractivity (Wildman–Crippen MR) is 62.1 cm³/mol. The molecule has 0 aromatic rings. The summed E-state index contributed by atoms with van der Waals surface area (Å²) in [5, 5.41) is 11.5. The Hall–Kier alpha value is -1.10. The lowest BCUT2D eigenvalue weighted by atomic mass is 10.0. The van der Waals surface area contributed by atoms with E-state index in [1.165, 1.54) is 6.92 Å². The van der Waals surface area contributed by atoms with Gasteiger partial charge in [0.05, 0.1) is 0 Å². The van der Waals surface area contributed by atoms with Gasteiger partial charge in [0.25, 0.3) is 0 Å². The number of carbonyl (C=O) groups excluding carboxylic acids is 1. The molecule has 0 bridgehead atoms. The SMILES string of the molecule is CC(C(=O)O)C(=O)NC(CN(C)C)C(C)C. The lowest BCUT2D eigenvalue weighted by Gasteiger charge is -2.26. The minimum atomic E-state index is -1.09. The fourth-order valence-electron chi connectivity index (χ4n) is 1.24. The Bertz CT molecular complexity index is 252. The van der Waals surface area contributed by atoms with Gasteiger partial charge in [-0.25, -0.2) is 0 Å². The summed E-state index contributed by atoms with van der Waals surface area (Å²) in [5.74, 6) is -2.24. The zero-order chi connectivity index (χ0) is 12.9. The fourth-order valence-corrected chi connectivity index (χ4v) is 1.24. The molecule has 0 aliphatic rings. The van der Waals surface area contributed by atoms with Crippen molar-refractivity contribution in [1.29, 1.82) is 0 Å². The van der Waals surface area contributed by atoms with Crippen LogP contribution in [0.15, 0.2) is 0 Å². The van der Waals surface area contributed by atoms with Crippen LogP contribution >= 0.6 is 0 Å². The maximum atomic E-state index is 11.6. The second-order valence-corrected chi connectivity index (χ2v) is 4.68. The van der Waals surface area contributed by atoms with Crippen molar-refractivity contribution < 1.29 is 14.7 Å². The molecule has 94 valence electrons. The van der Waals surface area contributed by atoms with Crippen molar-refractivity contribution in [3.05, 3.63) is 0 Å². The van der Waals surface area contributed by atoms with Crippen molar-refractivity contribution >= 4 is 11.9 Å². The summed E-state index contributed by atoms with van der Waals surface area (Å²) in [6, 6.07) is -0.0238. The van der Waals surface area contributed by atoms with Crippen LogP contribution < -0.4 is 5.32 Å². The molecule has 0 heterocycles. The average Bonchev–Trinajstić information content (AvgIpc) is 2.14. The molecule has 0 fully saturated rings. The Morgan fingerprint density at radius 2 is 1.75 bits per heavy atom. The minimum absolute atomic E-state index is 0.0238. The van der Waals surface area contributed by atoms with E-state index in [0.29, 0.717) is 6.54 Å². The van der Waals surface area contributed by atoms with E-state index in [4.69, 9.17) is 5.11 Å². The fraction of sp³-hybridized carbons (Fsp3) is 0.818. The van der Waals surface area contributed by atoms with Crippen LogP contribution in [0.1, 0.15) is 20.8 Å². The highest BCUT2D eigenvalue weighted by molar-refractivity contribution is 5.96. The number of carbonyl (C=O) groups is 2. The molecule has 2 atom stereocenters. The van der Waals surface area contributed by atoms with Gasteiger partial charge in [0.1, 0.15) is 5.92 Å². The summed E-state index contributed by atoms with van der Waals surface area (Å²) in [5.41, 5.74) is 0. The molecule has 5 heteroatoms. The van der Waals surface area contributed by atoms with Crippen molar-refractivity contribution in [2.45, 2.75) is 26.8 Å². The molecule has 0 saturated heterocycles. The molecule has 0 aromatic heterocycles. The lowest BCUT2D eigenvalue weighted by molar-refractivity contribution is -0.146. The first-order valence-electron chi connectivity index (χ1n) is 5.43. The van der Waals surface area contributed by atoms with Gasteiger partial charge in [-0.05, 0) is 26.9 Å². The number of rotatable bonds is 6. The third-order valence-corrected chi connectivity index (χ3v) is 2.46. The molecule has 0 aliphatic heterocycles. The Kier molecular flexibility index (Phi) is 6.03. The van der Waals surface area contributed by atoms with Crippen molar-refractivity contribution in [2.24, 2.45) is 11.8 Å². The van der Waals surface area contributed by atoms with E-state index in [1.807, 2.05) is 32.8 Å². The van der Waals surface area contributed by atoms with E-state index in [9.17, 15) is 9.59 Å². The van der Waals surface area contributed by atoms with E-state index in [-0.39, 0.29) is 12.0 Å². The molecule has 5 nitrogen and oxygen atoms in total. The minimum Gasteiger partial charge on any atom is -0.481 e. The van der Waals surface area contributed by atoms with E-state index in [2.05, 4.69) is 5.32 Å². The van der Waals surface area contributed by atoms with E-state index >= 15 is 0 Å². The van der Waals surface area contributed by atoms with Crippen LogP contribution in [-0.2, 0) is 9.59 Å². The number of amides is 1. The van der Waals surface area contributed by atoms with Crippen molar-refractivity contribution in [2.75, 3.05) is 20.6 Å². The number of nitrogens with zero attached hydrogens (tertiary/aromatic N) is 1. The molecule has 16 heavy (non-hydrogen) atoms. The predicted octanol–water partition coefficient (Wildman–Crippen LogP) is 0.410. The second-order valence-electron chi connectivity index (χ2n) is 4.68. The zero-order valence-corrected chi connectivity index (χ0v) is 10.7. The van der Waals surface area contributed by atoms with Crippen LogP contribution in [-0.4, -0.2) is 48.6 Å². The van der Waals surface area contributed by atoms with Crippen LogP contribution in [0.5, 0.6) is 0 Å². The first kappa shape index (κ1) is 14.9. The van der Waals surface area contributed by atoms with Crippen LogP contribution in [0.4, 0.5) is 0 Å². The van der Waals surface area contributed by atoms with Crippen LogP contribution in [0, 0.1) is 11.8 Å². The monoisotopic (exact) mass is 230 g/mol. The van der Waals surface area contributed by atoms with Crippen molar-refractivity contribution in [3.63, 3.8) is 0 Å². The van der Waals surface area contributed by atoms with Gasteiger partial charge in [-0.2, -0.15) is 0 Å². The van der Waals surface area contributed by atoms with Crippen LogP contribution in [0.3, 0.4) is 0 Å². The Labute approximate surface area is 96.8 Å². The van der Waals surface area contributed by atoms with Gasteiger partial charge in [0.2, 0.25) is 5.91 Å². The third-order valence-electron chi connectivity index (χ3n) is 2.46. The topological polar surface area (TPSA) is 69.6 Å². The van der Waals surface area contributed by atoms with Gasteiger partial charge >= 0.3 is 5.97 Å². The molecule has 2 N–H and O–H groups in total. The molecular weight excluding hydrogens is 208 g/mol. The number of likely N-dealkylation sites (N-methyl/N-ethyl adjacent to an activating group) is 1. The Morgan fingerprint density at radius 1 is 1.25 bits per heavy atom. The average molecular weight is 230 g/mol.